The summed E-state index contributed by atoms with van der Waals surface area (Å²) < 4.78 is 0. The van der Waals surface area contributed by atoms with Gasteiger partial charge in [0.1, 0.15) is 0 Å². The quantitative estimate of drug-likeness (QED) is 0.613. The average molecular weight is 301 g/mol. The number of carbonyl (C=O) groups is 2. The molecule has 0 heterocycles. The lowest BCUT2D eigenvalue weighted by Crippen LogP contribution is -2.18. The summed E-state index contributed by atoms with van der Waals surface area (Å²) in [6, 6.07) is 14.1. The first-order valence-corrected chi connectivity index (χ1v) is 7.13. The molecular weight excluding hydrogens is 284 g/mol. The van der Waals surface area contributed by atoms with Crippen molar-refractivity contribution in [2.45, 2.75) is 26.2 Å². The van der Waals surface area contributed by atoms with E-state index in [1.54, 1.807) is 30.3 Å². The van der Waals surface area contributed by atoms with Crippen LogP contribution < -0.4 is 0 Å². The van der Waals surface area contributed by atoms with Crippen molar-refractivity contribution >= 4 is 22.6 Å². The Morgan fingerprint density at radius 1 is 0.810 bits per heavy atom. The summed E-state index contributed by atoms with van der Waals surface area (Å²) in [4.78, 5) is 24.3. The number of rotatable bonds is 3. The molecule has 21 heavy (non-hydrogen) atoms. The first-order chi connectivity index (χ1) is 9.82. The first kappa shape index (κ1) is 15.5. The Hall–Kier alpha value is -1.93. The number of benzene rings is 2. The number of hydrogen-bond acceptors (Lipinski definition) is 2. The molecule has 2 aromatic carbocycles. The van der Waals surface area contributed by atoms with E-state index >= 15 is 0 Å². The number of carbonyl (C=O) groups excluding carboxylic acids is 2. The molecule has 0 atom stereocenters. The second-order valence-electron chi connectivity index (χ2n) is 5.94. The van der Waals surface area contributed by atoms with E-state index < -0.39 is 5.24 Å². The van der Waals surface area contributed by atoms with E-state index in [4.69, 9.17) is 11.6 Å². The molecule has 2 nitrogen and oxygen atoms in total. The van der Waals surface area contributed by atoms with Gasteiger partial charge >= 0.3 is 0 Å². The van der Waals surface area contributed by atoms with Crippen LogP contribution >= 0.6 is 11.6 Å². The molecule has 0 saturated heterocycles. The van der Waals surface area contributed by atoms with Crippen LogP contribution in [-0.2, 0) is 5.41 Å². The fraction of sp³-hybridized carbons (Fsp3) is 0.222. The summed E-state index contributed by atoms with van der Waals surface area (Å²) in [5, 5.41) is -0.618. The molecule has 0 aliphatic carbocycles. The highest BCUT2D eigenvalue weighted by molar-refractivity contribution is 6.68. The SMILES string of the molecule is CC(C)(C)c1ccccc1C(=O)c1ccccc1C(=O)Cl. The van der Waals surface area contributed by atoms with Crippen molar-refractivity contribution < 1.29 is 9.59 Å². The van der Waals surface area contributed by atoms with Crippen LogP contribution in [0.3, 0.4) is 0 Å². The Labute approximate surface area is 129 Å². The van der Waals surface area contributed by atoms with E-state index in [0.717, 1.165) is 5.56 Å². The zero-order valence-electron chi connectivity index (χ0n) is 12.3. The molecule has 0 saturated carbocycles. The molecule has 0 unspecified atom stereocenters. The van der Waals surface area contributed by atoms with Gasteiger partial charge in [0.05, 0.1) is 0 Å². The summed E-state index contributed by atoms with van der Waals surface area (Å²) in [6.07, 6.45) is 0. The molecule has 0 aliphatic rings. The Bertz CT molecular complexity index is 696. The van der Waals surface area contributed by atoms with Gasteiger partial charge in [-0.25, -0.2) is 0 Å². The Kier molecular flexibility index (Phi) is 4.29. The molecule has 0 amide bonds. The lowest BCUT2D eigenvalue weighted by atomic mass is 9.81. The molecule has 0 radical (unpaired) electrons. The van der Waals surface area contributed by atoms with Crippen molar-refractivity contribution in [2.75, 3.05) is 0 Å². The zero-order valence-corrected chi connectivity index (χ0v) is 13.1. The predicted octanol–water partition coefficient (Wildman–Crippen LogP) is 4.59. The van der Waals surface area contributed by atoms with Crippen molar-refractivity contribution in [3.63, 3.8) is 0 Å². The second-order valence-corrected chi connectivity index (χ2v) is 6.29. The van der Waals surface area contributed by atoms with Crippen molar-refractivity contribution in [1.82, 2.24) is 0 Å². The lowest BCUT2D eigenvalue weighted by molar-refractivity contribution is 0.102. The highest BCUT2D eigenvalue weighted by Gasteiger charge is 2.24. The number of halogens is 1. The van der Waals surface area contributed by atoms with Crippen LogP contribution in [0.4, 0.5) is 0 Å². The molecule has 3 heteroatoms. The summed E-state index contributed by atoms with van der Waals surface area (Å²) in [6.45, 7) is 6.16. The highest BCUT2D eigenvalue weighted by Crippen LogP contribution is 2.28. The zero-order chi connectivity index (χ0) is 15.6. The number of hydrogen-bond donors (Lipinski definition) is 0. The summed E-state index contributed by atoms with van der Waals surface area (Å²) >= 11 is 5.58. The Morgan fingerprint density at radius 2 is 1.29 bits per heavy atom. The smallest absolute Gasteiger partial charge is 0.253 e. The fourth-order valence-electron chi connectivity index (χ4n) is 2.33. The maximum absolute atomic E-state index is 12.8. The van der Waals surface area contributed by atoms with Crippen LogP contribution in [0.15, 0.2) is 48.5 Å². The van der Waals surface area contributed by atoms with Gasteiger partial charge in [0.25, 0.3) is 5.24 Å². The van der Waals surface area contributed by atoms with Crippen molar-refractivity contribution in [3.05, 3.63) is 70.8 Å². The third-order valence-corrected chi connectivity index (χ3v) is 3.57. The molecule has 0 bridgehead atoms. The molecular formula is C18H17ClO2. The summed E-state index contributed by atoms with van der Waals surface area (Å²) in [5.74, 6) is -0.176. The molecule has 2 rings (SSSR count). The average Bonchev–Trinajstić information content (AvgIpc) is 2.45. The molecule has 0 N–H and O–H groups in total. The van der Waals surface area contributed by atoms with E-state index in [9.17, 15) is 9.59 Å². The third-order valence-electron chi connectivity index (χ3n) is 3.36. The van der Waals surface area contributed by atoms with Crippen LogP contribution in [-0.4, -0.2) is 11.0 Å². The van der Waals surface area contributed by atoms with Gasteiger partial charge in [-0.3, -0.25) is 9.59 Å². The fourth-order valence-corrected chi connectivity index (χ4v) is 2.50. The molecule has 2 aromatic rings. The maximum Gasteiger partial charge on any atom is 0.253 e. The lowest BCUT2D eigenvalue weighted by Gasteiger charge is -2.22. The standard InChI is InChI=1S/C18H17ClO2/c1-18(2,3)15-11-7-6-10-14(15)16(20)12-8-4-5-9-13(12)17(19)21/h4-11H,1-3H3. The molecule has 0 spiro atoms. The van der Waals surface area contributed by atoms with Crippen LogP contribution in [0.25, 0.3) is 0 Å². The van der Waals surface area contributed by atoms with Gasteiger partial charge in [-0.1, -0.05) is 63.2 Å². The predicted molar refractivity (Wildman–Crippen MR) is 85.2 cm³/mol. The van der Waals surface area contributed by atoms with Crippen LogP contribution in [0, 0.1) is 0 Å². The minimum absolute atomic E-state index is 0.161. The van der Waals surface area contributed by atoms with E-state index in [1.165, 1.54) is 0 Å². The largest absolute Gasteiger partial charge is 0.289 e. The maximum atomic E-state index is 12.8. The van der Waals surface area contributed by atoms with Gasteiger partial charge in [-0.15, -0.1) is 0 Å². The monoisotopic (exact) mass is 300 g/mol. The van der Waals surface area contributed by atoms with E-state index in [2.05, 4.69) is 20.8 Å². The first-order valence-electron chi connectivity index (χ1n) is 6.75. The van der Waals surface area contributed by atoms with Gasteiger partial charge in [-0.05, 0) is 28.6 Å². The van der Waals surface area contributed by atoms with Gasteiger partial charge < -0.3 is 0 Å². The van der Waals surface area contributed by atoms with Gasteiger partial charge in [0.15, 0.2) is 5.78 Å². The molecule has 108 valence electrons. The Morgan fingerprint density at radius 3 is 1.81 bits per heavy atom. The van der Waals surface area contributed by atoms with Gasteiger partial charge in [-0.2, -0.15) is 0 Å². The highest BCUT2D eigenvalue weighted by atomic mass is 35.5. The van der Waals surface area contributed by atoms with E-state index in [-0.39, 0.29) is 16.8 Å². The third kappa shape index (κ3) is 3.22. The van der Waals surface area contributed by atoms with Crippen molar-refractivity contribution in [3.8, 4) is 0 Å². The van der Waals surface area contributed by atoms with Gasteiger partial charge in [0.2, 0.25) is 0 Å². The van der Waals surface area contributed by atoms with Crippen molar-refractivity contribution in [1.29, 1.82) is 0 Å². The minimum Gasteiger partial charge on any atom is -0.289 e. The summed E-state index contributed by atoms with van der Waals surface area (Å²) in [5.41, 5.74) is 1.98. The van der Waals surface area contributed by atoms with Gasteiger partial charge in [0, 0.05) is 16.7 Å². The molecule has 0 aromatic heterocycles. The topological polar surface area (TPSA) is 34.1 Å². The minimum atomic E-state index is -0.618. The molecule has 0 aliphatic heterocycles. The molecule has 0 fully saturated rings. The van der Waals surface area contributed by atoms with Crippen LogP contribution in [0.2, 0.25) is 0 Å². The van der Waals surface area contributed by atoms with Crippen LogP contribution in [0.1, 0.15) is 52.6 Å². The van der Waals surface area contributed by atoms with E-state index in [1.807, 2.05) is 18.2 Å². The van der Waals surface area contributed by atoms with Crippen LogP contribution in [0.5, 0.6) is 0 Å². The number of ketones is 1. The van der Waals surface area contributed by atoms with Crippen molar-refractivity contribution in [2.24, 2.45) is 0 Å². The second kappa shape index (κ2) is 5.82. The van der Waals surface area contributed by atoms with E-state index in [0.29, 0.717) is 11.1 Å². The normalized spacial score (nSPS) is 11.2. The summed E-state index contributed by atoms with van der Waals surface area (Å²) in [7, 11) is 0. The Balaban J connectivity index is 2.60.